The zero-order valence-electron chi connectivity index (χ0n) is 8.66. The van der Waals surface area contributed by atoms with Crippen molar-refractivity contribution in [3.63, 3.8) is 0 Å². The predicted molar refractivity (Wildman–Crippen MR) is 52.8 cm³/mol. The fraction of sp³-hybridized carbons (Fsp3) is 0.818. The molecule has 1 amide bonds. The SMILES string of the molecule is CC(=O)C1CCN2C(=O)CCCC2C1. The number of hydrogen-bond donors (Lipinski definition) is 0. The van der Waals surface area contributed by atoms with E-state index in [-0.39, 0.29) is 5.92 Å². The van der Waals surface area contributed by atoms with Crippen LogP contribution in [-0.2, 0) is 9.59 Å². The lowest BCUT2D eigenvalue weighted by Crippen LogP contribution is -2.49. The number of Topliss-reactive ketones (excluding diaryl/α,β-unsaturated/α-hetero) is 1. The van der Waals surface area contributed by atoms with Crippen molar-refractivity contribution in [1.29, 1.82) is 0 Å². The quantitative estimate of drug-likeness (QED) is 0.633. The maximum absolute atomic E-state index is 11.5. The summed E-state index contributed by atoms with van der Waals surface area (Å²) in [6.07, 6.45) is 4.58. The molecule has 0 N–H and O–H groups in total. The van der Waals surface area contributed by atoms with E-state index >= 15 is 0 Å². The van der Waals surface area contributed by atoms with Gasteiger partial charge in [-0.05, 0) is 32.6 Å². The highest BCUT2D eigenvalue weighted by atomic mass is 16.2. The molecular weight excluding hydrogens is 178 g/mol. The molecule has 0 aromatic rings. The first kappa shape index (κ1) is 9.69. The molecule has 2 saturated heterocycles. The number of fused-ring (bicyclic) bond motifs is 1. The fourth-order valence-electron chi connectivity index (χ4n) is 2.65. The van der Waals surface area contributed by atoms with Crippen molar-refractivity contribution in [1.82, 2.24) is 4.90 Å². The average Bonchev–Trinajstić information content (AvgIpc) is 2.17. The molecule has 3 nitrogen and oxygen atoms in total. The summed E-state index contributed by atoms with van der Waals surface area (Å²) in [6, 6.07) is 0.360. The third kappa shape index (κ3) is 1.68. The number of hydrogen-bond acceptors (Lipinski definition) is 2. The Morgan fingerprint density at radius 2 is 2.21 bits per heavy atom. The number of carbonyl (C=O) groups excluding carboxylic acids is 2. The van der Waals surface area contributed by atoms with E-state index in [2.05, 4.69) is 0 Å². The number of ketones is 1. The second-order valence-electron chi connectivity index (χ2n) is 4.47. The zero-order valence-corrected chi connectivity index (χ0v) is 8.66. The summed E-state index contributed by atoms with van der Waals surface area (Å²) in [6.45, 7) is 2.47. The molecule has 0 aromatic carbocycles. The number of rotatable bonds is 1. The lowest BCUT2D eigenvalue weighted by Gasteiger charge is -2.41. The van der Waals surface area contributed by atoms with Crippen LogP contribution in [0.2, 0.25) is 0 Å². The van der Waals surface area contributed by atoms with Gasteiger partial charge in [0.15, 0.2) is 0 Å². The van der Waals surface area contributed by atoms with E-state index < -0.39 is 0 Å². The van der Waals surface area contributed by atoms with E-state index in [1.165, 1.54) is 0 Å². The lowest BCUT2D eigenvalue weighted by molar-refractivity contribution is -0.141. The van der Waals surface area contributed by atoms with Crippen LogP contribution in [-0.4, -0.2) is 29.2 Å². The molecule has 0 aromatic heterocycles. The van der Waals surface area contributed by atoms with Crippen LogP contribution in [0.15, 0.2) is 0 Å². The van der Waals surface area contributed by atoms with Gasteiger partial charge >= 0.3 is 0 Å². The predicted octanol–water partition coefficient (Wildman–Crippen LogP) is 1.37. The molecule has 0 radical (unpaired) electrons. The van der Waals surface area contributed by atoms with E-state index in [0.717, 1.165) is 32.2 Å². The van der Waals surface area contributed by atoms with Crippen LogP contribution in [0.25, 0.3) is 0 Å². The van der Waals surface area contributed by atoms with Crippen LogP contribution < -0.4 is 0 Å². The smallest absolute Gasteiger partial charge is 0.222 e. The molecule has 2 rings (SSSR count). The van der Waals surface area contributed by atoms with Gasteiger partial charge in [-0.1, -0.05) is 0 Å². The van der Waals surface area contributed by atoms with Gasteiger partial charge in [-0.15, -0.1) is 0 Å². The van der Waals surface area contributed by atoms with Gasteiger partial charge < -0.3 is 4.90 Å². The van der Waals surface area contributed by atoms with E-state index in [9.17, 15) is 9.59 Å². The molecule has 2 unspecified atom stereocenters. The van der Waals surface area contributed by atoms with Crippen LogP contribution in [0.1, 0.15) is 39.0 Å². The number of piperidine rings is 2. The minimum atomic E-state index is 0.210. The first-order chi connectivity index (χ1) is 6.68. The van der Waals surface area contributed by atoms with Gasteiger partial charge in [0.05, 0.1) is 0 Å². The minimum Gasteiger partial charge on any atom is -0.340 e. The highest BCUT2D eigenvalue weighted by molar-refractivity contribution is 5.80. The van der Waals surface area contributed by atoms with Gasteiger partial charge in [0, 0.05) is 24.9 Å². The summed E-state index contributed by atoms with van der Waals surface area (Å²) in [5.41, 5.74) is 0. The molecule has 0 saturated carbocycles. The standard InChI is InChI=1S/C11H17NO2/c1-8(13)9-5-6-12-10(7-9)3-2-4-11(12)14/h9-10H,2-7H2,1H3. The van der Waals surface area contributed by atoms with Gasteiger partial charge in [0.25, 0.3) is 0 Å². The topological polar surface area (TPSA) is 37.4 Å². The normalized spacial score (nSPS) is 32.6. The number of nitrogens with zero attached hydrogens (tertiary/aromatic N) is 1. The highest BCUT2D eigenvalue weighted by Gasteiger charge is 2.35. The van der Waals surface area contributed by atoms with E-state index in [1.807, 2.05) is 4.90 Å². The van der Waals surface area contributed by atoms with Gasteiger partial charge in [-0.2, -0.15) is 0 Å². The second kappa shape index (κ2) is 3.71. The molecular formula is C11H17NO2. The Hall–Kier alpha value is -0.860. The van der Waals surface area contributed by atoms with Crippen molar-refractivity contribution < 1.29 is 9.59 Å². The molecule has 2 aliphatic rings. The van der Waals surface area contributed by atoms with Crippen LogP contribution in [0, 0.1) is 5.92 Å². The largest absolute Gasteiger partial charge is 0.340 e. The maximum atomic E-state index is 11.5. The fourth-order valence-corrected chi connectivity index (χ4v) is 2.65. The Bertz CT molecular complexity index is 262. The molecule has 0 bridgehead atoms. The molecule has 2 atom stereocenters. The summed E-state index contributed by atoms with van der Waals surface area (Å²) >= 11 is 0. The molecule has 0 spiro atoms. The molecule has 78 valence electrons. The maximum Gasteiger partial charge on any atom is 0.222 e. The van der Waals surface area contributed by atoms with Crippen molar-refractivity contribution in [2.24, 2.45) is 5.92 Å². The minimum absolute atomic E-state index is 0.210. The van der Waals surface area contributed by atoms with E-state index in [1.54, 1.807) is 6.92 Å². The highest BCUT2D eigenvalue weighted by Crippen LogP contribution is 2.30. The van der Waals surface area contributed by atoms with E-state index in [4.69, 9.17) is 0 Å². The average molecular weight is 195 g/mol. The third-order valence-corrected chi connectivity index (χ3v) is 3.54. The van der Waals surface area contributed by atoms with Crippen LogP contribution in [0.5, 0.6) is 0 Å². The van der Waals surface area contributed by atoms with Crippen LogP contribution in [0.3, 0.4) is 0 Å². The summed E-state index contributed by atoms with van der Waals surface area (Å²) in [5.74, 6) is 0.799. The molecule has 3 heteroatoms. The van der Waals surface area contributed by atoms with Crippen molar-refractivity contribution >= 4 is 11.7 Å². The van der Waals surface area contributed by atoms with Gasteiger partial charge in [0.2, 0.25) is 5.91 Å². The molecule has 2 aliphatic heterocycles. The monoisotopic (exact) mass is 195 g/mol. The first-order valence-corrected chi connectivity index (χ1v) is 5.48. The summed E-state index contributed by atoms with van der Waals surface area (Å²) in [5, 5.41) is 0. The first-order valence-electron chi connectivity index (χ1n) is 5.48. The molecule has 14 heavy (non-hydrogen) atoms. The third-order valence-electron chi connectivity index (χ3n) is 3.54. The Labute approximate surface area is 84.5 Å². The van der Waals surface area contributed by atoms with E-state index in [0.29, 0.717) is 24.2 Å². The molecule has 2 fully saturated rings. The molecule has 2 heterocycles. The van der Waals surface area contributed by atoms with Crippen molar-refractivity contribution in [2.45, 2.75) is 45.1 Å². The van der Waals surface area contributed by atoms with Gasteiger partial charge in [-0.3, -0.25) is 9.59 Å². The Morgan fingerprint density at radius 1 is 1.43 bits per heavy atom. The Morgan fingerprint density at radius 3 is 2.93 bits per heavy atom. The van der Waals surface area contributed by atoms with Crippen LogP contribution >= 0.6 is 0 Å². The van der Waals surface area contributed by atoms with Crippen molar-refractivity contribution in [3.05, 3.63) is 0 Å². The number of amides is 1. The van der Waals surface area contributed by atoms with Crippen molar-refractivity contribution in [3.8, 4) is 0 Å². The molecule has 0 aliphatic carbocycles. The van der Waals surface area contributed by atoms with Gasteiger partial charge in [-0.25, -0.2) is 0 Å². The lowest BCUT2D eigenvalue weighted by atomic mass is 9.84. The second-order valence-corrected chi connectivity index (χ2v) is 4.47. The summed E-state index contributed by atoms with van der Waals surface area (Å²) < 4.78 is 0. The van der Waals surface area contributed by atoms with Crippen molar-refractivity contribution in [2.75, 3.05) is 6.54 Å². The van der Waals surface area contributed by atoms with Gasteiger partial charge in [0.1, 0.15) is 5.78 Å². The Kier molecular flexibility index (Phi) is 2.57. The summed E-state index contributed by atoms with van der Waals surface area (Å²) in [4.78, 5) is 24.8. The van der Waals surface area contributed by atoms with Crippen LogP contribution in [0.4, 0.5) is 0 Å². The number of carbonyl (C=O) groups is 2. The zero-order chi connectivity index (χ0) is 10.1. The summed E-state index contributed by atoms with van der Waals surface area (Å²) in [7, 11) is 0. The Balaban J connectivity index is 2.03.